The lowest BCUT2D eigenvalue weighted by atomic mass is 10.0. The normalized spacial score (nSPS) is 11.3. The molecule has 0 aliphatic carbocycles. The van der Waals surface area contributed by atoms with Gasteiger partial charge in [-0.2, -0.15) is 0 Å². The van der Waals surface area contributed by atoms with E-state index in [4.69, 9.17) is 9.97 Å². The van der Waals surface area contributed by atoms with Gasteiger partial charge in [-0.1, -0.05) is 66.7 Å². The van der Waals surface area contributed by atoms with E-state index in [1.54, 1.807) is 18.5 Å². The van der Waals surface area contributed by atoms with Gasteiger partial charge < -0.3 is 0 Å². The number of hydrogen-bond donors (Lipinski definition) is 0. The van der Waals surface area contributed by atoms with Crippen LogP contribution in [0, 0.1) is 0 Å². The third kappa shape index (κ3) is 2.70. The Hall–Kier alpha value is -4.18. The van der Waals surface area contributed by atoms with Gasteiger partial charge in [-0.3, -0.25) is 0 Å². The minimum atomic E-state index is 0.613. The van der Waals surface area contributed by atoms with Crippen molar-refractivity contribution in [3.8, 4) is 22.8 Å². The topological polar surface area (TPSA) is 51.6 Å². The average molecular weight is 384 g/mol. The predicted molar refractivity (Wildman–Crippen MR) is 121 cm³/mol. The molecule has 0 atom stereocenters. The third-order valence-corrected chi connectivity index (χ3v) is 5.38. The van der Waals surface area contributed by atoms with E-state index in [-0.39, 0.29) is 0 Å². The summed E-state index contributed by atoms with van der Waals surface area (Å²) in [5.41, 5.74) is 4.55. The first-order chi connectivity index (χ1) is 14.9. The summed E-state index contributed by atoms with van der Waals surface area (Å²) in [6.45, 7) is 0. The lowest BCUT2D eigenvalue weighted by Crippen LogP contribution is -1.93. The molecule has 0 N–H and O–H groups in total. The highest BCUT2D eigenvalue weighted by Gasteiger charge is 2.10. The molecule has 3 aromatic heterocycles. The second-order valence-corrected chi connectivity index (χ2v) is 7.20. The molecule has 0 aliphatic rings. The molecule has 4 heteroatoms. The monoisotopic (exact) mass is 384 g/mol. The van der Waals surface area contributed by atoms with Crippen molar-refractivity contribution >= 4 is 32.6 Å². The molecule has 4 nitrogen and oxygen atoms in total. The molecule has 3 aromatic carbocycles. The Morgan fingerprint density at radius 2 is 1.10 bits per heavy atom. The van der Waals surface area contributed by atoms with Crippen LogP contribution in [-0.2, 0) is 0 Å². The van der Waals surface area contributed by atoms with Gasteiger partial charge in [-0.15, -0.1) is 0 Å². The fourth-order valence-electron chi connectivity index (χ4n) is 3.92. The van der Waals surface area contributed by atoms with Crippen LogP contribution in [-0.4, -0.2) is 19.9 Å². The highest BCUT2D eigenvalue weighted by Crippen LogP contribution is 2.31. The van der Waals surface area contributed by atoms with E-state index >= 15 is 0 Å². The van der Waals surface area contributed by atoms with Crippen LogP contribution in [0.15, 0.2) is 97.3 Å². The second-order valence-electron chi connectivity index (χ2n) is 7.20. The summed E-state index contributed by atoms with van der Waals surface area (Å²) in [5, 5.41) is 4.50. The zero-order valence-corrected chi connectivity index (χ0v) is 16.0. The predicted octanol–water partition coefficient (Wildman–Crippen LogP) is 6.06. The van der Waals surface area contributed by atoms with Crippen molar-refractivity contribution < 1.29 is 0 Å². The molecule has 0 bridgehead atoms. The van der Waals surface area contributed by atoms with Crippen LogP contribution in [0.3, 0.4) is 0 Å². The molecule has 0 unspecified atom stereocenters. The summed E-state index contributed by atoms with van der Waals surface area (Å²) in [4.78, 5) is 18.6. The van der Waals surface area contributed by atoms with Gasteiger partial charge in [0.2, 0.25) is 0 Å². The first-order valence-electron chi connectivity index (χ1n) is 9.83. The molecule has 6 rings (SSSR count). The Labute approximate surface area is 172 Å². The molecule has 0 fully saturated rings. The van der Waals surface area contributed by atoms with Crippen molar-refractivity contribution in [2.45, 2.75) is 0 Å². The molecule has 0 saturated heterocycles. The Morgan fingerprint density at radius 3 is 1.90 bits per heavy atom. The zero-order valence-electron chi connectivity index (χ0n) is 16.0. The zero-order chi connectivity index (χ0) is 19.9. The van der Waals surface area contributed by atoms with Gasteiger partial charge in [-0.25, -0.2) is 19.9 Å². The summed E-state index contributed by atoms with van der Waals surface area (Å²) in [6.07, 6.45) is 3.46. The largest absolute Gasteiger partial charge is 0.245 e. The average Bonchev–Trinajstić information content (AvgIpc) is 2.83. The molecule has 6 aromatic rings. The van der Waals surface area contributed by atoms with E-state index < -0.39 is 0 Å². The van der Waals surface area contributed by atoms with Crippen LogP contribution in [0.25, 0.3) is 55.4 Å². The van der Waals surface area contributed by atoms with Crippen molar-refractivity contribution in [2.24, 2.45) is 0 Å². The number of rotatable bonds is 2. The van der Waals surface area contributed by atoms with Gasteiger partial charge in [0.1, 0.15) is 5.69 Å². The molecule has 0 radical (unpaired) electrons. The van der Waals surface area contributed by atoms with E-state index in [9.17, 15) is 0 Å². The minimum absolute atomic E-state index is 0.613. The van der Waals surface area contributed by atoms with Gasteiger partial charge in [0.15, 0.2) is 5.82 Å². The van der Waals surface area contributed by atoms with E-state index in [2.05, 4.69) is 82.8 Å². The second kappa shape index (κ2) is 6.71. The molecular weight excluding hydrogens is 368 g/mol. The van der Waals surface area contributed by atoms with Crippen molar-refractivity contribution in [1.29, 1.82) is 0 Å². The highest BCUT2D eigenvalue weighted by atomic mass is 14.9. The summed E-state index contributed by atoms with van der Waals surface area (Å²) >= 11 is 0. The number of pyridine rings is 2. The van der Waals surface area contributed by atoms with E-state index in [1.165, 1.54) is 10.8 Å². The number of benzene rings is 3. The molecule has 0 spiro atoms. The quantitative estimate of drug-likeness (QED) is 0.341. The highest BCUT2D eigenvalue weighted by molar-refractivity contribution is 6.05. The molecule has 0 amide bonds. The van der Waals surface area contributed by atoms with Crippen molar-refractivity contribution in [3.05, 3.63) is 97.3 Å². The Bertz CT molecular complexity index is 1540. The van der Waals surface area contributed by atoms with Crippen molar-refractivity contribution in [2.75, 3.05) is 0 Å². The molecule has 0 saturated carbocycles. The summed E-state index contributed by atoms with van der Waals surface area (Å²) < 4.78 is 0. The summed E-state index contributed by atoms with van der Waals surface area (Å²) in [5.74, 6) is 0.613. The standard InChI is InChI=1S/C26H16N4/c1-2-7-20-17(5-1)6-3-8-21(20)22-13-11-18-9-10-19-12-14-23(26-27-15-4-16-28-26)30-25(19)24(18)29-22/h1-16H. The molecule has 140 valence electrons. The Balaban J connectivity index is 1.62. The number of hydrogen-bond acceptors (Lipinski definition) is 4. The first-order valence-corrected chi connectivity index (χ1v) is 9.83. The van der Waals surface area contributed by atoms with Crippen LogP contribution in [0.4, 0.5) is 0 Å². The number of fused-ring (bicyclic) bond motifs is 4. The van der Waals surface area contributed by atoms with Crippen LogP contribution in [0.5, 0.6) is 0 Å². The Kier molecular flexibility index (Phi) is 3.74. The van der Waals surface area contributed by atoms with Gasteiger partial charge in [-0.05, 0) is 29.0 Å². The number of nitrogens with zero attached hydrogens (tertiary/aromatic N) is 4. The van der Waals surface area contributed by atoms with Crippen LogP contribution >= 0.6 is 0 Å². The third-order valence-electron chi connectivity index (χ3n) is 5.38. The number of aromatic nitrogens is 4. The molecule has 0 aliphatic heterocycles. The van der Waals surface area contributed by atoms with Crippen molar-refractivity contribution in [3.63, 3.8) is 0 Å². The van der Waals surface area contributed by atoms with Crippen LogP contribution in [0.1, 0.15) is 0 Å². The van der Waals surface area contributed by atoms with Gasteiger partial charge >= 0.3 is 0 Å². The maximum Gasteiger partial charge on any atom is 0.178 e. The maximum atomic E-state index is 5.06. The molecule has 3 heterocycles. The summed E-state index contributed by atoms with van der Waals surface area (Å²) in [6, 6.07) is 28.9. The van der Waals surface area contributed by atoms with Gasteiger partial charge in [0.05, 0.1) is 16.7 Å². The Morgan fingerprint density at radius 1 is 0.467 bits per heavy atom. The first kappa shape index (κ1) is 16.7. The minimum Gasteiger partial charge on any atom is -0.245 e. The fraction of sp³-hybridized carbons (Fsp3) is 0. The van der Waals surface area contributed by atoms with E-state index in [0.29, 0.717) is 5.82 Å². The van der Waals surface area contributed by atoms with E-state index in [1.807, 2.05) is 6.07 Å². The maximum absolute atomic E-state index is 5.06. The molecular formula is C26H16N4. The van der Waals surface area contributed by atoms with Crippen LogP contribution < -0.4 is 0 Å². The van der Waals surface area contributed by atoms with E-state index in [0.717, 1.165) is 38.8 Å². The smallest absolute Gasteiger partial charge is 0.178 e. The summed E-state index contributed by atoms with van der Waals surface area (Å²) in [7, 11) is 0. The van der Waals surface area contributed by atoms with Gasteiger partial charge in [0, 0.05) is 28.7 Å². The lowest BCUT2D eigenvalue weighted by molar-refractivity contribution is 1.15. The van der Waals surface area contributed by atoms with Crippen molar-refractivity contribution in [1.82, 2.24) is 19.9 Å². The van der Waals surface area contributed by atoms with Crippen LogP contribution in [0.2, 0.25) is 0 Å². The fourth-order valence-corrected chi connectivity index (χ4v) is 3.92. The lowest BCUT2D eigenvalue weighted by Gasteiger charge is -2.09. The van der Waals surface area contributed by atoms with Gasteiger partial charge in [0.25, 0.3) is 0 Å². The SMILES string of the molecule is c1cnc(-c2ccc3ccc4ccc(-c5cccc6ccccc56)nc4c3n2)nc1. The molecule has 30 heavy (non-hydrogen) atoms.